The number of rotatable bonds is 6. The van der Waals surface area contributed by atoms with Crippen LogP contribution in [0.25, 0.3) is 31.3 Å². The largest absolute Gasteiger partial charge is 0.0892 e. The molecule has 0 saturated heterocycles. The number of benzene rings is 1. The van der Waals surface area contributed by atoms with E-state index in [2.05, 4.69) is 97.9 Å². The smallest absolute Gasteiger partial charge is 0.0532 e. The van der Waals surface area contributed by atoms with Gasteiger partial charge in [0.25, 0.3) is 0 Å². The first-order valence-electron chi connectivity index (χ1n) is 5.28. The van der Waals surface area contributed by atoms with Gasteiger partial charge in [-0.1, -0.05) is 15.3 Å². The van der Waals surface area contributed by atoms with Gasteiger partial charge in [0, 0.05) is 25.4 Å². The molecule has 0 aliphatic heterocycles. The van der Waals surface area contributed by atoms with Crippen LogP contribution in [0.15, 0.2) is 15.3 Å². The lowest BCUT2D eigenvalue weighted by molar-refractivity contribution is 0.934. The lowest BCUT2D eigenvalue weighted by Crippen LogP contribution is -2.06. The summed E-state index contributed by atoms with van der Waals surface area (Å²) < 4.78 is 2.68. The summed E-state index contributed by atoms with van der Waals surface area (Å²) >= 11 is 6.44. The van der Waals surface area contributed by atoms with Crippen LogP contribution >= 0.6 is 67.8 Å². The Morgan fingerprint density at radius 3 is 1.05 bits per heavy atom. The van der Waals surface area contributed by atoms with E-state index in [-0.39, 0.29) is 19.6 Å². The predicted octanol–water partition coefficient (Wildman–Crippen LogP) is 5.93. The van der Waals surface area contributed by atoms with Gasteiger partial charge in [0.15, 0.2) is 0 Å². The average Bonchev–Trinajstić information content (AvgIpc) is 2.47. The molecule has 1 rings (SSSR count). The lowest BCUT2D eigenvalue weighted by atomic mass is 10.1. The van der Waals surface area contributed by atoms with Crippen LogP contribution in [-0.2, 0) is 19.6 Å². The van der Waals surface area contributed by atoms with E-state index in [1.54, 1.807) is 0 Å². The van der Waals surface area contributed by atoms with Gasteiger partial charge in [-0.3, -0.25) is 0 Å². The highest BCUT2D eigenvalue weighted by Crippen LogP contribution is 2.33. The molecule has 0 aliphatic carbocycles. The number of hydrogen-bond acceptors (Lipinski definition) is 3. The molecule has 0 saturated carbocycles. The van der Waals surface area contributed by atoms with Crippen molar-refractivity contribution in [3.8, 4) is 0 Å². The highest BCUT2D eigenvalue weighted by molar-refractivity contribution is 14.1. The van der Waals surface area contributed by atoms with Crippen molar-refractivity contribution >= 4 is 67.8 Å². The van der Waals surface area contributed by atoms with Crippen LogP contribution in [0, 0.1) is 10.7 Å². The molecular formula is C9H6I3N9. The molecule has 0 fully saturated rings. The van der Waals surface area contributed by atoms with E-state index in [9.17, 15) is 0 Å². The van der Waals surface area contributed by atoms with Crippen LogP contribution in [0.5, 0.6) is 0 Å². The maximum atomic E-state index is 8.50. The minimum absolute atomic E-state index is 0.191. The molecule has 12 heteroatoms. The minimum Gasteiger partial charge on any atom is -0.0892 e. The third-order valence-corrected chi connectivity index (χ3v) is 6.37. The van der Waals surface area contributed by atoms with E-state index in [0.717, 1.165) is 27.4 Å². The average molecular weight is 621 g/mol. The Balaban J connectivity index is 3.58. The SMILES string of the molecule is [N-]=[N+]=NCc1c(I)c(CN=[N+]=[N-])c(I)c(CN=[N+]=[N-])c1I. The third-order valence-electron chi connectivity index (χ3n) is 2.47. The van der Waals surface area contributed by atoms with Crippen LogP contribution in [0.4, 0.5) is 0 Å². The van der Waals surface area contributed by atoms with Gasteiger partial charge in [0.05, 0.1) is 19.6 Å². The van der Waals surface area contributed by atoms with Gasteiger partial charge in [0.2, 0.25) is 0 Å². The van der Waals surface area contributed by atoms with Crippen LogP contribution in [-0.4, -0.2) is 0 Å². The first-order chi connectivity index (χ1) is 10.1. The summed E-state index contributed by atoms with van der Waals surface area (Å²) in [6.07, 6.45) is 0. The number of nitrogens with zero attached hydrogens (tertiary/aromatic N) is 9. The first kappa shape index (κ1) is 18.4. The standard InChI is InChI=1S/C9H6I3N9/c10-7-4(1-16-19-13)8(11)6(3-18-21-15)9(12)5(7)2-17-20-14/h1-3H2. The van der Waals surface area contributed by atoms with Crippen molar-refractivity contribution in [3.63, 3.8) is 0 Å². The van der Waals surface area contributed by atoms with Gasteiger partial charge in [0.1, 0.15) is 0 Å². The Labute approximate surface area is 160 Å². The molecule has 21 heavy (non-hydrogen) atoms. The van der Waals surface area contributed by atoms with Crippen molar-refractivity contribution in [1.82, 2.24) is 0 Å². The topological polar surface area (TPSA) is 146 Å². The normalized spacial score (nSPS) is 9.29. The Kier molecular flexibility index (Phi) is 8.21. The van der Waals surface area contributed by atoms with Crippen LogP contribution in [0.1, 0.15) is 16.7 Å². The fraction of sp³-hybridized carbons (Fsp3) is 0.333. The number of azide groups is 3. The molecule has 0 bridgehead atoms. The zero-order valence-corrected chi connectivity index (χ0v) is 16.8. The summed E-state index contributed by atoms with van der Waals surface area (Å²) in [6, 6.07) is 0. The molecule has 0 radical (unpaired) electrons. The molecule has 0 atom stereocenters. The van der Waals surface area contributed by atoms with E-state index in [4.69, 9.17) is 16.6 Å². The number of halogens is 3. The Morgan fingerprint density at radius 2 is 0.857 bits per heavy atom. The molecule has 0 aromatic heterocycles. The molecule has 1 aromatic rings. The van der Waals surface area contributed by atoms with E-state index in [1.165, 1.54) is 0 Å². The fourth-order valence-electron chi connectivity index (χ4n) is 1.56. The second kappa shape index (κ2) is 9.38. The van der Waals surface area contributed by atoms with E-state index in [1.807, 2.05) is 0 Å². The maximum Gasteiger partial charge on any atom is 0.0532 e. The third kappa shape index (κ3) is 4.66. The number of hydrogen-bond donors (Lipinski definition) is 0. The highest BCUT2D eigenvalue weighted by atomic mass is 127. The maximum absolute atomic E-state index is 8.50. The highest BCUT2D eigenvalue weighted by Gasteiger charge is 2.18. The second-order valence-electron chi connectivity index (χ2n) is 3.54. The van der Waals surface area contributed by atoms with E-state index < -0.39 is 0 Å². The predicted molar refractivity (Wildman–Crippen MR) is 103 cm³/mol. The van der Waals surface area contributed by atoms with Crippen molar-refractivity contribution < 1.29 is 0 Å². The quantitative estimate of drug-likeness (QED) is 0.161. The molecule has 0 spiro atoms. The van der Waals surface area contributed by atoms with Gasteiger partial charge in [-0.25, -0.2) is 0 Å². The summed E-state index contributed by atoms with van der Waals surface area (Å²) in [5.74, 6) is 0. The summed E-state index contributed by atoms with van der Waals surface area (Å²) in [6.45, 7) is 0.573. The van der Waals surface area contributed by atoms with E-state index in [0.29, 0.717) is 0 Å². The van der Waals surface area contributed by atoms with Gasteiger partial charge >= 0.3 is 0 Å². The molecular weight excluding hydrogens is 615 g/mol. The van der Waals surface area contributed by atoms with Gasteiger partial charge in [-0.15, -0.1) is 0 Å². The molecule has 1 aromatic carbocycles. The summed E-state index contributed by atoms with van der Waals surface area (Å²) in [4.78, 5) is 8.32. The molecule has 108 valence electrons. The molecule has 0 N–H and O–H groups in total. The summed E-state index contributed by atoms with van der Waals surface area (Å²) in [5, 5.41) is 10.8. The van der Waals surface area contributed by atoms with Crippen LogP contribution in [0.3, 0.4) is 0 Å². The van der Waals surface area contributed by atoms with Gasteiger partial charge < -0.3 is 0 Å². The summed E-state index contributed by atoms with van der Waals surface area (Å²) in [7, 11) is 0. The lowest BCUT2D eigenvalue weighted by Gasteiger charge is -2.17. The molecule has 0 amide bonds. The van der Waals surface area contributed by atoms with E-state index >= 15 is 0 Å². The van der Waals surface area contributed by atoms with Crippen molar-refractivity contribution in [1.29, 1.82) is 0 Å². The molecule has 9 nitrogen and oxygen atoms in total. The first-order valence-corrected chi connectivity index (χ1v) is 8.51. The van der Waals surface area contributed by atoms with Crippen molar-refractivity contribution in [3.05, 3.63) is 58.7 Å². The monoisotopic (exact) mass is 621 g/mol. The van der Waals surface area contributed by atoms with Gasteiger partial charge in [-0.05, 0) is 101 Å². The Morgan fingerprint density at radius 1 is 0.619 bits per heavy atom. The van der Waals surface area contributed by atoms with Crippen molar-refractivity contribution in [2.24, 2.45) is 15.3 Å². The second-order valence-corrected chi connectivity index (χ2v) is 6.78. The van der Waals surface area contributed by atoms with Crippen LogP contribution < -0.4 is 0 Å². The van der Waals surface area contributed by atoms with Crippen molar-refractivity contribution in [2.75, 3.05) is 0 Å². The summed E-state index contributed by atoms with van der Waals surface area (Å²) in [5.41, 5.74) is 28.1. The molecule has 0 aliphatic rings. The zero-order chi connectivity index (χ0) is 15.8. The fourth-order valence-corrected chi connectivity index (χ4v) is 5.75. The van der Waals surface area contributed by atoms with Crippen LogP contribution in [0.2, 0.25) is 0 Å². The zero-order valence-electron chi connectivity index (χ0n) is 10.3. The van der Waals surface area contributed by atoms with Gasteiger partial charge in [-0.2, -0.15) is 0 Å². The Bertz CT molecular complexity index is 581. The molecule has 0 heterocycles. The minimum atomic E-state index is 0.191. The molecule has 0 unspecified atom stereocenters. The van der Waals surface area contributed by atoms with Crippen molar-refractivity contribution in [2.45, 2.75) is 19.6 Å². The Hall–Kier alpha value is -0.660.